The molecule has 0 heterocycles. The number of hydrogen-bond acceptors (Lipinski definition) is 2. The van der Waals surface area contributed by atoms with E-state index < -0.39 is 5.60 Å². The molecule has 0 aliphatic carbocycles. The van der Waals surface area contributed by atoms with Crippen molar-refractivity contribution in [1.82, 2.24) is 5.32 Å². The minimum atomic E-state index is -0.881. The van der Waals surface area contributed by atoms with Gasteiger partial charge in [-0.25, -0.2) is 0 Å². The molecule has 0 saturated carbocycles. The van der Waals surface area contributed by atoms with E-state index in [0.717, 1.165) is 0 Å². The van der Waals surface area contributed by atoms with E-state index in [1.54, 1.807) is 6.92 Å². The second kappa shape index (κ2) is 6.20. The van der Waals surface area contributed by atoms with E-state index in [0.29, 0.717) is 11.5 Å². The third-order valence-electron chi connectivity index (χ3n) is 3.69. The topological polar surface area (TPSA) is 49.3 Å². The van der Waals surface area contributed by atoms with Crippen molar-refractivity contribution in [2.75, 3.05) is 6.54 Å². The highest BCUT2D eigenvalue weighted by molar-refractivity contribution is 5.94. The fraction of sp³-hybridized carbons (Fsp3) is 0.562. The van der Waals surface area contributed by atoms with Gasteiger partial charge in [0.25, 0.3) is 5.91 Å². The van der Waals surface area contributed by atoms with Crippen LogP contribution in [0.5, 0.6) is 0 Å². The number of carbonyl (C=O) groups excluding carboxylic acids is 1. The molecule has 1 atom stereocenters. The quantitative estimate of drug-likeness (QED) is 0.858. The Labute approximate surface area is 116 Å². The van der Waals surface area contributed by atoms with Crippen molar-refractivity contribution < 1.29 is 9.90 Å². The van der Waals surface area contributed by atoms with Gasteiger partial charge in [-0.15, -0.1) is 0 Å². The van der Waals surface area contributed by atoms with Gasteiger partial charge < -0.3 is 10.4 Å². The summed E-state index contributed by atoms with van der Waals surface area (Å²) in [5.74, 6) is 0.408. The predicted molar refractivity (Wildman–Crippen MR) is 78.3 cm³/mol. The van der Waals surface area contributed by atoms with Crippen molar-refractivity contribution in [3.8, 4) is 0 Å². The molecule has 1 aromatic rings. The Morgan fingerprint density at radius 1 is 1.21 bits per heavy atom. The first kappa shape index (κ1) is 15.7. The lowest BCUT2D eigenvalue weighted by atomic mass is 9.92. The van der Waals surface area contributed by atoms with Crippen LogP contribution in [0.2, 0.25) is 0 Å². The van der Waals surface area contributed by atoms with Gasteiger partial charge in [0.2, 0.25) is 0 Å². The molecule has 106 valence electrons. The van der Waals surface area contributed by atoms with Crippen LogP contribution in [0.3, 0.4) is 0 Å². The van der Waals surface area contributed by atoms with Crippen molar-refractivity contribution in [2.45, 2.75) is 46.1 Å². The van der Waals surface area contributed by atoms with Gasteiger partial charge >= 0.3 is 0 Å². The number of aliphatic hydroxyl groups is 1. The van der Waals surface area contributed by atoms with E-state index in [1.165, 1.54) is 5.56 Å². The van der Waals surface area contributed by atoms with Crippen LogP contribution in [0.4, 0.5) is 0 Å². The molecule has 3 nitrogen and oxygen atoms in total. The van der Waals surface area contributed by atoms with E-state index in [2.05, 4.69) is 19.2 Å². The number of amides is 1. The minimum Gasteiger partial charge on any atom is -0.388 e. The molecule has 3 heteroatoms. The van der Waals surface area contributed by atoms with E-state index in [4.69, 9.17) is 0 Å². The summed E-state index contributed by atoms with van der Waals surface area (Å²) < 4.78 is 0. The van der Waals surface area contributed by atoms with Crippen molar-refractivity contribution >= 4 is 5.91 Å². The Hall–Kier alpha value is -1.35. The molecule has 0 spiro atoms. The third-order valence-corrected chi connectivity index (χ3v) is 3.69. The zero-order valence-electron chi connectivity index (χ0n) is 12.5. The lowest BCUT2D eigenvalue weighted by Gasteiger charge is -2.27. The molecule has 0 fully saturated rings. The van der Waals surface area contributed by atoms with E-state index in [-0.39, 0.29) is 18.4 Å². The molecule has 0 bridgehead atoms. The smallest absolute Gasteiger partial charge is 0.251 e. The summed E-state index contributed by atoms with van der Waals surface area (Å²) >= 11 is 0. The summed E-state index contributed by atoms with van der Waals surface area (Å²) in [5, 5.41) is 12.9. The summed E-state index contributed by atoms with van der Waals surface area (Å²) in [4.78, 5) is 12.0. The lowest BCUT2D eigenvalue weighted by molar-refractivity contribution is 0.0142. The van der Waals surface area contributed by atoms with Crippen molar-refractivity contribution in [3.05, 3.63) is 35.4 Å². The highest BCUT2D eigenvalue weighted by atomic mass is 16.3. The number of nitrogens with one attached hydrogen (secondary N) is 1. The lowest BCUT2D eigenvalue weighted by Crippen LogP contribution is -2.44. The van der Waals surface area contributed by atoms with Crippen LogP contribution < -0.4 is 5.32 Å². The van der Waals surface area contributed by atoms with Gasteiger partial charge in [-0.2, -0.15) is 0 Å². The fourth-order valence-electron chi connectivity index (χ4n) is 1.58. The zero-order valence-corrected chi connectivity index (χ0v) is 12.5. The van der Waals surface area contributed by atoms with Gasteiger partial charge in [0.05, 0.1) is 5.60 Å². The van der Waals surface area contributed by atoms with Crippen LogP contribution in [0.25, 0.3) is 0 Å². The SMILES string of the molecule is CC(C)c1ccc(C(=O)NCC(C)(O)C(C)C)cc1. The average molecular weight is 263 g/mol. The molecule has 1 rings (SSSR count). The van der Waals surface area contributed by atoms with Crippen LogP contribution >= 0.6 is 0 Å². The summed E-state index contributed by atoms with van der Waals surface area (Å²) in [7, 11) is 0. The molecule has 1 aromatic carbocycles. The van der Waals surface area contributed by atoms with Crippen molar-refractivity contribution in [3.63, 3.8) is 0 Å². The molecular formula is C16H25NO2. The Morgan fingerprint density at radius 3 is 2.16 bits per heavy atom. The molecule has 0 radical (unpaired) electrons. The highest BCUT2D eigenvalue weighted by Crippen LogP contribution is 2.16. The normalized spacial score (nSPS) is 14.5. The highest BCUT2D eigenvalue weighted by Gasteiger charge is 2.25. The number of benzene rings is 1. The summed E-state index contributed by atoms with van der Waals surface area (Å²) in [5.41, 5.74) is 0.961. The molecule has 0 aliphatic rings. The Morgan fingerprint density at radius 2 is 1.74 bits per heavy atom. The molecule has 1 unspecified atom stereocenters. The van der Waals surface area contributed by atoms with Crippen LogP contribution in [0.15, 0.2) is 24.3 Å². The second-order valence-electron chi connectivity index (χ2n) is 5.97. The van der Waals surface area contributed by atoms with Crippen LogP contribution in [-0.4, -0.2) is 23.2 Å². The molecule has 0 aromatic heterocycles. The van der Waals surface area contributed by atoms with Crippen LogP contribution in [0.1, 0.15) is 56.5 Å². The second-order valence-corrected chi connectivity index (χ2v) is 5.97. The zero-order chi connectivity index (χ0) is 14.6. The largest absolute Gasteiger partial charge is 0.388 e. The van der Waals surface area contributed by atoms with Gasteiger partial charge in [0.1, 0.15) is 0 Å². The maximum absolute atomic E-state index is 12.0. The summed E-state index contributed by atoms with van der Waals surface area (Å²) in [6.07, 6.45) is 0. The van der Waals surface area contributed by atoms with Gasteiger partial charge in [0, 0.05) is 12.1 Å². The Bertz CT molecular complexity index is 419. The molecular weight excluding hydrogens is 238 g/mol. The predicted octanol–water partition coefficient (Wildman–Crippen LogP) is 2.95. The fourth-order valence-corrected chi connectivity index (χ4v) is 1.58. The van der Waals surface area contributed by atoms with E-state index >= 15 is 0 Å². The summed E-state index contributed by atoms with van der Waals surface area (Å²) in [6.45, 7) is 10.1. The van der Waals surface area contributed by atoms with Gasteiger partial charge in [0.15, 0.2) is 0 Å². The van der Waals surface area contributed by atoms with Gasteiger partial charge in [-0.1, -0.05) is 39.8 Å². The molecule has 0 aliphatic heterocycles. The van der Waals surface area contributed by atoms with Gasteiger partial charge in [-0.3, -0.25) is 4.79 Å². The monoisotopic (exact) mass is 263 g/mol. The Kier molecular flexibility index (Phi) is 5.12. The van der Waals surface area contributed by atoms with Crippen LogP contribution in [0, 0.1) is 5.92 Å². The van der Waals surface area contributed by atoms with Crippen molar-refractivity contribution in [1.29, 1.82) is 0 Å². The maximum Gasteiger partial charge on any atom is 0.251 e. The molecule has 19 heavy (non-hydrogen) atoms. The first-order valence-electron chi connectivity index (χ1n) is 6.84. The number of rotatable bonds is 5. The maximum atomic E-state index is 12.0. The standard InChI is InChI=1S/C16H25NO2/c1-11(2)13-6-8-14(9-7-13)15(18)17-10-16(5,19)12(3)4/h6-9,11-12,19H,10H2,1-5H3,(H,17,18). The van der Waals surface area contributed by atoms with Crippen molar-refractivity contribution in [2.24, 2.45) is 5.92 Å². The molecule has 1 amide bonds. The van der Waals surface area contributed by atoms with Crippen LogP contribution in [-0.2, 0) is 0 Å². The first-order valence-corrected chi connectivity index (χ1v) is 6.84. The molecule has 2 N–H and O–H groups in total. The minimum absolute atomic E-state index is 0.0936. The average Bonchev–Trinajstić information content (AvgIpc) is 2.36. The summed E-state index contributed by atoms with van der Waals surface area (Å²) in [6, 6.07) is 7.60. The molecule has 0 saturated heterocycles. The van der Waals surface area contributed by atoms with Gasteiger partial charge in [-0.05, 0) is 36.5 Å². The third kappa shape index (κ3) is 4.35. The number of hydrogen-bond donors (Lipinski definition) is 2. The Balaban J connectivity index is 2.64. The first-order chi connectivity index (χ1) is 8.74. The van der Waals surface area contributed by atoms with E-state index in [1.807, 2.05) is 38.1 Å². The number of carbonyl (C=O) groups is 1. The van der Waals surface area contributed by atoms with E-state index in [9.17, 15) is 9.90 Å².